The van der Waals surface area contributed by atoms with Crippen molar-refractivity contribution in [2.45, 2.75) is 26.7 Å². The van der Waals surface area contributed by atoms with Gasteiger partial charge in [-0.15, -0.1) is 11.3 Å². The number of aromatic nitrogens is 3. The molecule has 2 aromatic rings. The second-order valence-electron chi connectivity index (χ2n) is 3.23. The van der Waals surface area contributed by atoms with E-state index in [4.69, 9.17) is 0 Å². The summed E-state index contributed by atoms with van der Waals surface area (Å²) in [7, 11) is 0. The lowest BCUT2D eigenvalue weighted by molar-refractivity contribution is 0.805. The van der Waals surface area contributed by atoms with Crippen LogP contribution < -0.4 is 0 Å². The molecule has 0 radical (unpaired) electrons. The number of imidazole rings is 1. The highest BCUT2D eigenvalue weighted by Gasteiger charge is 2.06. The van der Waals surface area contributed by atoms with Crippen molar-refractivity contribution < 1.29 is 0 Å². The molecule has 0 atom stereocenters. The molecular weight excluding hydrogens is 194 g/mol. The maximum atomic E-state index is 4.44. The van der Waals surface area contributed by atoms with Crippen LogP contribution in [0.15, 0.2) is 17.8 Å². The van der Waals surface area contributed by atoms with Crippen LogP contribution in [0.4, 0.5) is 0 Å². The standard InChI is InChI=1S/C10H13N3S/c1-3-4-9-11-5-6-13(9)10-12-8(2)7-14-10/h5-7H,3-4H2,1-2H3. The lowest BCUT2D eigenvalue weighted by Crippen LogP contribution is -1.99. The van der Waals surface area contributed by atoms with Crippen LogP contribution >= 0.6 is 11.3 Å². The molecule has 2 heterocycles. The van der Waals surface area contributed by atoms with Crippen molar-refractivity contribution >= 4 is 11.3 Å². The molecule has 14 heavy (non-hydrogen) atoms. The molecule has 0 saturated carbocycles. The van der Waals surface area contributed by atoms with Crippen LogP contribution in [-0.4, -0.2) is 14.5 Å². The van der Waals surface area contributed by atoms with Crippen molar-refractivity contribution in [3.05, 3.63) is 29.3 Å². The Morgan fingerprint density at radius 2 is 2.36 bits per heavy atom. The summed E-state index contributed by atoms with van der Waals surface area (Å²) in [4.78, 5) is 8.76. The molecule has 0 aliphatic carbocycles. The quantitative estimate of drug-likeness (QED) is 0.774. The molecule has 2 aromatic heterocycles. The van der Waals surface area contributed by atoms with Crippen LogP contribution in [0.25, 0.3) is 5.13 Å². The van der Waals surface area contributed by atoms with Gasteiger partial charge in [-0.1, -0.05) is 6.92 Å². The molecule has 0 amide bonds. The topological polar surface area (TPSA) is 30.7 Å². The van der Waals surface area contributed by atoms with E-state index in [2.05, 4.69) is 26.8 Å². The first-order chi connectivity index (χ1) is 6.81. The minimum Gasteiger partial charge on any atom is -0.279 e. The van der Waals surface area contributed by atoms with Gasteiger partial charge in [0.05, 0.1) is 5.69 Å². The third kappa shape index (κ3) is 1.70. The summed E-state index contributed by atoms with van der Waals surface area (Å²) in [6.07, 6.45) is 5.93. The molecule has 2 rings (SSSR count). The average molecular weight is 207 g/mol. The molecule has 0 fully saturated rings. The normalized spacial score (nSPS) is 10.7. The highest BCUT2D eigenvalue weighted by atomic mass is 32.1. The first kappa shape index (κ1) is 9.40. The monoisotopic (exact) mass is 207 g/mol. The van der Waals surface area contributed by atoms with Crippen molar-refractivity contribution in [3.63, 3.8) is 0 Å². The van der Waals surface area contributed by atoms with E-state index in [0.29, 0.717) is 0 Å². The fourth-order valence-corrected chi connectivity index (χ4v) is 2.17. The van der Waals surface area contributed by atoms with E-state index in [9.17, 15) is 0 Å². The number of aryl methyl sites for hydroxylation is 2. The Bertz CT molecular complexity index is 416. The van der Waals surface area contributed by atoms with Crippen LogP contribution in [-0.2, 0) is 6.42 Å². The molecular formula is C10H13N3S. The summed E-state index contributed by atoms with van der Waals surface area (Å²) < 4.78 is 2.07. The summed E-state index contributed by atoms with van der Waals surface area (Å²) in [5.41, 5.74) is 1.07. The van der Waals surface area contributed by atoms with Gasteiger partial charge in [-0.2, -0.15) is 0 Å². The highest BCUT2D eigenvalue weighted by Crippen LogP contribution is 2.16. The van der Waals surface area contributed by atoms with Gasteiger partial charge in [0.2, 0.25) is 0 Å². The van der Waals surface area contributed by atoms with Gasteiger partial charge >= 0.3 is 0 Å². The molecule has 0 aromatic carbocycles. The number of rotatable bonds is 3. The van der Waals surface area contributed by atoms with E-state index in [1.165, 1.54) is 0 Å². The molecule has 0 unspecified atom stereocenters. The van der Waals surface area contributed by atoms with Gasteiger partial charge < -0.3 is 0 Å². The van der Waals surface area contributed by atoms with Gasteiger partial charge in [0.1, 0.15) is 5.82 Å². The van der Waals surface area contributed by atoms with Gasteiger partial charge in [0.25, 0.3) is 0 Å². The molecule has 0 aliphatic rings. The van der Waals surface area contributed by atoms with Crippen molar-refractivity contribution in [1.82, 2.24) is 14.5 Å². The Morgan fingerprint density at radius 1 is 1.50 bits per heavy atom. The fraction of sp³-hybridized carbons (Fsp3) is 0.400. The van der Waals surface area contributed by atoms with Crippen LogP contribution in [0.3, 0.4) is 0 Å². The van der Waals surface area contributed by atoms with Crippen LogP contribution in [0, 0.1) is 6.92 Å². The molecule has 74 valence electrons. The second-order valence-corrected chi connectivity index (χ2v) is 4.07. The Morgan fingerprint density at radius 3 is 3.00 bits per heavy atom. The Labute approximate surface area is 87.4 Å². The van der Waals surface area contributed by atoms with E-state index in [1.54, 1.807) is 11.3 Å². The zero-order valence-corrected chi connectivity index (χ0v) is 9.21. The molecule has 0 spiro atoms. The smallest absolute Gasteiger partial charge is 0.195 e. The predicted octanol–water partition coefficient (Wildman–Crippen LogP) is 2.59. The van der Waals surface area contributed by atoms with E-state index in [-0.39, 0.29) is 0 Å². The zero-order chi connectivity index (χ0) is 9.97. The number of hydrogen-bond acceptors (Lipinski definition) is 3. The minimum absolute atomic E-state index is 1.01. The molecule has 0 saturated heterocycles. The Kier molecular flexibility index (Phi) is 2.63. The predicted molar refractivity (Wildman–Crippen MR) is 58.0 cm³/mol. The van der Waals surface area contributed by atoms with E-state index in [0.717, 1.165) is 29.5 Å². The number of nitrogens with zero attached hydrogens (tertiary/aromatic N) is 3. The first-order valence-corrected chi connectivity index (χ1v) is 5.64. The summed E-state index contributed by atoms with van der Waals surface area (Å²) in [6.45, 7) is 4.17. The van der Waals surface area contributed by atoms with Crippen LogP contribution in [0.2, 0.25) is 0 Å². The maximum absolute atomic E-state index is 4.44. The molecule has 0 aliphatic heterocycles. The van der Waals surface area contributed by atoms with Crippen molar-refractivity contribution in [3.8, 4) is 5.13 Å². The molecule has 0 bridgehead atoms. The maximum Gasteiger partial charge on any atom is 0.195 e. The molecule has 3 nitrogen and oxygen atoms in total. The summed E-state index contributed by atoms with van der Waals surface area (Å²) >= 11 is 1.66. The highest BCUT2D eigenvalue weighted by molar-refractivity contribution is 7.12. The van der Waals surface area contributed by atoms with Gasteiger partial charge in [0, 0.05) is 24.2 Å². The number of thiazole rings is 1. The van der Waals surface area contributed by atoms with Gasteiger partial charge in [-0.05, 0) is 13.3 Å². The average Bonchev–Trinajstić information content (AvgIpc) is 2.74. The SMILES string of the molecule is CCCc1nccn1-c1nc(C)cs1. The lowest BCUT2D eigenvalue weighted by Gasteiger charge is -2.01. The van der Waals surface area contributed by atoms with Gasteiger partial charge in [-0.3, -0.25) is 4.57 Å². The summed E-state index contributed by atoms with van der Waals surface area (Å²) in [5.74, 6) is 1.10. The Balaban J connectivity index is 2.36. The van der Waals surface area contributed by atoms with Crippen molar-refractivity contribution in [2.75, 3.05) is 0 Å². The number of hydrogen-bond donors (Lipinski definition) is 0. The van der Waals surface area contributed by atoms with E-state index < -0.39 is 0 Å². The fourth-order valence-electron chi connectivity index (χ4n) is 1.37. The molecule has 0 N–H and O–H groups in total. The Hall–Kier alpha value is -1.16. The third-order valence-corrected chi connectivity index (χ3v) is 2.96. The minimum atomic E-state index is 1.01. The first-order valence-electron chi connectivity index (χ1n) is 4.76. The van der Waals surface area contributed by atoms with Crippen molar-refractivity contribution in [2.24, 2.45) is 0 Å². The second kappa shape index (κ2) is 3.92. The van der Waals surface area contributed by atoms with Gasteiger partial charge in [-0.25, -0.2) is 9.97 Å². The van der Waals surface area contributed by atoms with E-state index in [1.807, 2.05) is 19.3 Å². The van der Waals surface area contributed by atoms with Crippen LogP contribution in [0.1, 0.15) is 24.9 Å². The molecule has 4 heteroatoms. The lowest BCUT2D eigenvalue weighted by atomic mass is 10.3. The third-order valence-electron chi connectivity index (χ3n) is 2.00. The van der Waals surface area contributed by atoms with Crippen LogP contribution in [0.5, 0.6) is 0 Å². The van der Waals surface area contributed by atoms with E-state index >= 15 is 0 Å². The van der Waals surface area contributed by atoms with Gasteiger partial charge in [0.15, 0.2) is 5.13 Å². The summed E-state index contributed by atoms with van der Waals surface area (Å²) in [5, 5.41) is 3.08. The largest absolute Gasteiger partial charge is 0.279 e. The zero-order valence-electron chi connectivity index (χ0n) is 8.40. The summed E-state index contributed by atoms with van der Waals surface area (Å²) in [6, 6.07) is 0. The van der Waals surface area contributed by atoms with Crippen molar-refractivity contribution in [1.29, 1.82) is 0 Å².